The minimum atomic E-state index is 0.534. The van der Waals surface area contributed by atoms with Crippen LogP contribution in [0.25, 0.3) is 0 Å². The average molecular weight is 294 g/mol. The third-order valence-corrected chi connectivity index (χ3v) is 2.72. The predicted octanol–water partition coefficient (Wildman–Crippen LogP) is 2.44. The number of aromatic nitrogens is 2. The van der Waals surface area contributed by atoms with Gasteiger partial charge in [0.25, 0.3) is 0 Å². The number of nitrogens with two attached hydrogens (primary N) is 1. The van der Waals surface area contributed by atoms with E-state index in [-0.39, 0.29) is 0 Å². The summed E-state index contributed by atoms with van der Waals surface area (Å²) in [4.78, 5) is 8.31. The predicted molar refractivity (Wildman–Crippen MR) is 69.8 cm³/mol. The molecule has 5 heteroatoms. The Morgan fingerprint density at radius 3 is 2.88 bits per heavy atom. The summed E-state index contributed by atoms with van der Waals surface area (Å²) in [6.45, 7) is 0.534. The maximum atomic E-state index is 5.59. The molecule has 0 amide bonds. The van der Waals surface area contributed by atoms with Crippen LogP contribution in [0.3, 0.4) is 0 Å². The lowest BCUT2D eigenvalue weighted by atomic mass is 10.3. The lowest BCUT2D eigenvalue weighted by Crippen LogP contribution is -2.04. The highest BCUT2D eigenvalue weighted by molar-refractivity contribution is 9.10. The van der Waals surface area contributed by atoms with Crippen LogP contribution < -0.4 is 10.5 Å². The minimum Gasteiger partial charge on any atom is -0.476 e. The summed E-state index contributed by atoms with van der Waals surface area (Å²) in [5.41, 5.74) is 7.19. The molecule has 17 heavy (non-hydrogen) atoms. The van der Waals surface area contributed by atoms with Gasteiger partial charge in [-0.05, 0) is 34.1 Å². The van der Waals surface area contributed by atoms with Gasteiger partial charge in [-0.3, -0.25) is 4.98 Å². The molecule has 2 aromatic heterocycles. The van der Waals surface area contributed by atoms with E-state index in [1.165, 1.54) is 0 Å². The Hall–Kier alpha value is -1.62. The fourth-order valence-electron chi connectivity index (χ4n) is 1.34. The fourth-order valence-corrected chi connectivity index (χ4v) is 1.83. The number of hydrogen-bond donors (Lipinski definition) is 1. The van der Waals surface area contributed by atoms with Crippen LogP contribution in [0, 0.1) is 0 Å². The molecule has 0 unspecified atom stereocenters. The molecule has 0 saturated heterocycles. The molecule has 0 saturated carbocycles. The standard InChI is InChI=1S/C12H12BrN3O/c13-11-7-9(14)8-16-12(11)17-6-4-10-3-1-2-5-15-10/h1-3,5,7-8H,4,6,14H2. The Kier molecular flexibility index (Phi) is 3.93. The highest BCUT2D eigenvalue weighted by atomic mass is 79.9. The molecule has 0 atom stereocenters. The molecule has 0 aromatic carbocycles. The molecule has 2 heterocycles. The van der Waals surface area contributed by atoms with E-state index in [0.29, 0.717) is 18.2 Å². The van der Waals surface area contributed by atoms with Crippen molar-refractivity contribution >= 4 is 21.6 Å². The largest absolute Gasteiger partial charge is 0.476 e. The summed E-state index contributed by atoms with van der Waals surface area (Å²) in [6, 6.07) is 7.58. The number of ether oxygens (including phenoxy) is 1. The molecule has 0 aliphatic heterocycles. The molecular formula is C12H12BrN3O. The topological polar surface area (TPSA) is 61.0 Å². The van der Waals surface area contributed by atoms with Crippen LogP contribution in [0.4, 0.5) is 5.69 Å². The van der Waals surface area contributed by atoms with Crippen LogP contribution in [0.15, 0.2) is 41.1 Å². The summed E-state index contributed by atoms with van der Waals surface area (Å²) in [6.07, 6.45) is 4.09. The lowest BCUT2D eigenvalue weighted by molar-refractivity contribution is 0.306. The summed E-state index contributed by atoms with van der Waals surface area (Å²) in [7, 11) is 0. The number of nitrogens with zero attached hydrogens (tertiary/aromatic N) is 2. The van der Waals surface area contributed by atoms with Crippen molar-refractivity contribution in [2.24, 2.45) is 0 Å². The summed E-state index contributed by atoms with van der Waals surface area (Å²) in [5.74, 6) is 0.551. The molecule has 2 aromatic rings. The second-order valence-electron chi connectivity index (χ2n) is 3.48. The van der Waals surface area contributed by atoms with Crippen LogP contribution >= 0.6 is 15.9 Å². The van der Waals surface area contributed by atoms with Gasteiger partial charge in [0.2, 0.25) is 5.88 Å². The second kappa shape index (κ2) is 5.63. The van der Waals surface area contributed by atoms with Crippen molar-refractivity contribution in [3.05, 3.63) is 46.8 Å². The van der Waals surface area contributed by atoms with Crippen molar-refractivity contribution in [1.82, 2.24) is 9.97 Å². The van der Waals surface area contributed by atoms with Gasteiger partial charge in [-0.15, -0.1) is 0 Å². The van der Waals surface area contributed by atoms with Crippen LogP contribution in [0.1, 0.15) is 5.69 Å². The number of anilines is 1. The smallest absolute Gasteiger partial charge is 0.228 e. The highest BCUT2D eigenvalue weighted by Crippen LogP contribution is 2.23. The number of pyridine rings is 2. The van der Waals surface area contributed by atoms with Gasteiger partial charge in [-0.2, -0.15) is 0 Å². The molecule has 0 fully saturated rings. The quantitative estimate of drug-likeness (QED) is 0.941. The third kappa shape index (κ3) is 3.42. The van der Waals surface area contributed by atoms with Gasteiger partial charge < -0.3 is 10.5 Å². The fraction of sp³-hybridized carbons (Fsp3) is 0.167. The average Bonchev–Trinajstić information content (AvgIpc) is 2.33. The number of halogens is 1. The Balaban J connectivity index is 1.90. The summed E-state index contributed by atoms with van der Waals surface area (Å²) >= 11 is 3.35. The van der Waals surface area contributed by atoms with E-state index in [1.807, 2.05) is 18.2 Å². The van der Waals surface area contributed by atoms with Gasteiger partial charge in [0.1, 0.15) is 0 Å². The van der Waals surface area contributed by atoms with E-state index >= 15 is 0 Å². The first kappa shape index (κ1) is 11.9. The number of nitrogen functional groups attached to an aromatic ring is 1. The zero-order valence-electron chi connectivity index (χ0n) is 9.14. The first-order valence-electron chi connectivity index (χ1n) is 5.19. The normalized spacial score (nSPS) is 10.2. The lowest BCUT2D eigenvalue weighted by Gasteiger charge is -2.07. The first-order chi connectivity index (χ1) is 8.25. The summed E-state index contributed by atoms with van der Waals surface area (Å²) < 4.78 is 6.30. The van der Waals surface area contributed by atoms with Crippen molar-refractivity contribution in [2.75, 3.05) is 12.3 Å². The van der Waals surface area contributed by atoms with Gasteiger partial charge in [0.15, 0.2) is 0 Å². The monoisotopic (exact) mass is 293 g/mol. The van der Waals surface area contributed by atoms with E-state index in [2.05, 4.69) is 25.9 Å². The van der Waals surface area contributed by atoms with E-state index in [9.17, 15) is 0 Å². The molecule has 88 valence electrons. The van der Waals surface area contributed by atoms with Crippen LogP contribution in [0.5, 0.6) is 5.88 Å². The van der Waals surface area contributed by atoms with Crippen molar-refractivity contribution in [3.8, 4) is 5.88 Å². The van der Waals surface area contributed by atoms with Gasteiger partial charge in [-0.25, -0.2) is 4.98 Å². The molecular weight excluding hydrogens is 282 g/mol. The van der Waals surface area contributed by atoms with Crippen molar-refractivity contribution in [3.63, 3.8) is 0 Å². The Bertz CT molecular complexity index is 490. The van der Waals surface area contributed by atoms with E-state index < -0.39 is 0 Å². The molecule has 0 bridgehead atoms. The summed E-state index contributed by atoms with van der Waals surface area (Å²) in [5, 5.41) is 0. The van der Waals surface area contributed by atoms with Gasteiger partial charge in [0, 0.05) is 18.3 Å². The Morgan fingerprint density at radius 1 is 1.29 bits per heavy atom. The Morgan fingerprint density at radius 2 is 2.18 bits per heavy atom. The minimum absolute atomic E-state index is 0.534. The SMILES string of the molecule is Nc1cnc(OCCc2ccccn2)c(Br)c1. The van der Waals surface area contributed by atoms with Crippen LogP contribution in [-0.2, 0) is 6.42 Å². The van der Waals surface area contributed by atoms with Gasteiger partial charge >= 0.3 is 0 Å². The van der Waals surface area contributed by atoms with Gasteiger partial charge in [-0.1, -0.05) is 6.07 Å². The van der Waals surface area contributed by atoms with E-state index in [4.69, 9.17) is 10.5 Å². The molecule has 0 aliphatic carbocycles. The molecule has 0 spiro atoms. The highest BCUT2D eigenvalue weighted by Gasteiger charge is 2.03. The molecule has 0 aliphatic rings. The third-order valence-electron chi connectivity index (χ3n) is 2.15. The van der Waals surface area contributed by atoms with Crippen LogP contribution in [0.2, 0.25) is 0 Å². The van der Waals surface area contributed by atoms with Crippen LogP contribution in [-0.4, -0.2) is 16.6 Å². The number of rotatable bonds is 4. The second-order valence-corrected chi connectivity index (χ2v) is 4.33. The molecule has 2 rings (SSSR count). The number of hydrogen-bond acceptors (Lipinski definition) is 4. The maximum Gasteiger partial charge on any atom is 0.228 e. The van der Waals surface area contributed by atoms with Crippen molar-refractivity contribution < 1.29 is 4.74 Å². The zero-order chi connectivity index (χ0) is 12.1. The zero-order valence-corrected chi connectivity index (χ0v) is 10.7. The maximum absolute atomic E-state index is 5.59. The van der Waals surface area contributed by atoms with E-state index in [1.54, 1.807) is 18.5 Å². The van der Waals surface area contributed by atoms with Crippen molar-refractivity contribution in [2.45, 2.75) is 6.42 Å². The molecule has 4 nitrogen and oxygen atoms in total. The van der Waals surface area contributed by atoms with Crippen molar-refractivity contribution in [1.29, 1.82) is 0 Å². The molecule has 0 radical (unpaired) electrons. The molecule has 2 N–H and O–H groups in total. The Labute approximate surface area is 108 Å². The van der Waals surface area contributed by atoms with E-state index in [0.717, 1.165) is 16.6 Å². The first-order valence-corrected chi connectivity index (χ1v) is 5.99. The van der Waals surface area contributed by atoms with Gasteiger partial charge in [0.05, 0.1) is 23.0 Å².